The normalized spacial score (nSPS) is 9.30. The number of rotatable bonds is 2. The van der Waals surface area contributed by atoms with Gasteiger partial charge in [-0.15, -0.1) is 0 Å². The van der Waals surface area contributed by atoms with Gasteiger partial charge in [0.15, 0.2) is 0 Å². The molecule has 0 saturated carbocycles. The molecule has 0 amide bonds. The van der Waals surface area contributed by atoms with Gasteiger partial charge < -0.3 is 0 Å². The minimum absolute atomic E-state index is 0.0336. The second-order valence-corrected chi connectivity index (χ2v) is 4.02. The van der Waals surface area contributed by atoms with Gasteiger partial charge in [-0.25, -0.2) is 0 Å². The number of hydrogen-bond acceptors (Lipinski definition) is 1. The molecule has 0 nitrogen and oxygen atoms in total. The van der Waals surface area contributed by atoms with E-state index in [9.17, 15) is 0 Å². The van der Waals surface area contributed by atoms with E-state index < -0.39 is 0 Å². The topological polar surface area (TPSA) is 0 Å². The third kappa shape index (κ3) is 1.80. The predicted octanol–water partition coefficient (Wildman–Crippen LogP) is 1.52. The molecule has 0 bridgehead atoms. The first-order valence-electron chi connectivity index (χ1n) is 2.71. The SMILES string of the molecule is S=Cc1ccccc1[Se]Cl. The summed E-state index contributed by atoms with van der Waals surface area (Å²) >= 11 is 4.83. The van der Waals surface area contributed by atoms with Crippen molar-refractivity contribution in [2.75, 3.05) is 0 Å². The van der Waals surface area contributed by atoms with E-state index in [1.807, 2.05) is 24.3 Å². The van der Waals surface area contributed by atoms with Gasteiger partial charge in [0.2, 0.25) is 0 Å². The fourth-order valence-electron chi connectivity index (χ4n) is 0.648. The van der Waals surface area contributed by atoms with Crippen molar-refractivity contribution in [1.82, 2.24) is 0 Å². The molecule has 1 rings (SSSR count). The Balaban J connectivity index is 3.08. The van der Waals surface area contributed by atoms with Gasteiger partial charge in [0.25, 0.3) is 0 Å². The van der Waals surface area contributed by atoms with Gasteiger partial charge in [0.05, 0.1) is 0 Å². The zero-order chi connectivity index (χ0) is 7.40. The molecular formula is C7H5ClSSe. The van der Waals surface area contributed by atoms with E-state index in [4.69, 9.17) is 22.3 Å². The quantitative estimate of drug-likeness (QED) is 0.553. The van der Waals surface area contributed by atoms with E-state index in [1.54, 1.807) is 5.37 Å². The van der Waals surface area contributed by atoms with Crippen LogP contribution in [-0.4, -0.2) is 19.4 Å². The van der Waals surface area contributed by atoms with E-state index in [0.29, 0.717) is 0 Å². The molecule has 0 saturated heterocycles. The molecule has 0 aliphatic heterocycles. The van der Waals surface area contributed by atoms with Crippen molar-refractivity contribution in [2.24, 2.45) is 0 Å². The maximum atomic E-state index is 5.71. The van der Waals surface area contributed by atoms with Crippen molar-refractivity contribution < 1.29 is 0 Å². The van der Waals surface area contributed by atoms with Crippen LogP contribution < -0.4 is 4.46 Å². The second kappa shape index (κ2) is 4.09. The summed E-state index contributed by atoms with van der Waals surface area (Å²) in [6.07, 6.45) is 0. The van der Waals surface area contributed by atoms with E-state index in [-0.39, 0.29) is 14.0 Å². The fourth-order valence-corrected chi connectivity index (χ4v) is 2.48. The van der Waals surface area contributed by atoms with Crippen LogP contribution in [-0.2, 0) is 0 Å². The first kappa shape index (κ1) is 8.22. The molecule has 0 radical (unpaired) electrons. The molecule has 52 valence electrons. The Labute approximate surface area is 76.0 Å². The average Bonchev–Trinajstić information content (AvgIpc) is 2.04. The monoisotopic (exact) mass is 236 g/mol. The van der Waals surface area contributed by atoms with Crippen molar-refractivity contribution in [3.8, 4) is 0 Å². The minimum atomic E-state index is 0.0336. The summed E-state index contributed by atoms with van der Waals surface area (Å²) in [5.41, 5.74) is 1.08. The van der Waals surface area contributed by atoms with Crippen LogP contribution in [0.25, 0.3) is 0 Å². The van der Waals surface area contributed by atoms with Gasteiger partial charge in [-0.2, -0.15) is 0 Å². The van der Waals surface area contributed by atoms with Crippen LogP contribution in [0.5, 0.6) is 0 Å². The van der Waals surface area contributed by atoms with Crippen LogP contribution in [0.15, 0.2) is 24.3 Å². The standard InChI is InChI=1S/C7H5ClSSe/c8-10-7-4-2-1-3-6(7)5-9/h1-5H. The zero-order valence-corrected chi connectivity index (χ0v) is 8.37. The third-order valence-electron chi connectivity index (χ3n) is 1.13. The first-order chi connectivity index (χ1) is 4.88. The summed E-state index contributed by atoms with van der Waals surface area (Å²) in [6.45, 7) is 0. The van der Waals surface area contributed by atoms with Gasteiger partial charge in [0.1, 0.15) is 0 Å². The van der Waals surface area contributed by atoms with Crippen molar-refractivity contribution >= 4 is 46.2 Å². The van der Waals surface area contributed by atoms with E-state index >= 15 is 0 Å². The van der Waals surface area contributed by atoms with E-state index in [1.165, 1.54) is 0 Å². The Bertz CT molecular complexity index is 237. The molecule has 0 heterocycles. The summed E-state index contributed by atoms with van der Waals surface area (Å²) < 4.78 is 1.16. The van der Waals surface area contributed by atoms with Crippen LogP contribution in [0.2, 0.25) is 0 Å². The summed E-state index contributed by atoms with van der Waals surface area (Å²) in [5.74, 6) is 0. The van der Waals surface area contributed by atoms with Crippen LogP contribution >= 0.6 is 22.3 Å². The molecule has 10 heavy (non-hydrogen) atoms. The summed E-state index contributed by atoms with van der Waals surface area (Å²) in [4.78, 5) is 0. The third-order valence-corrected chi connectivity index (χ3v) is 3.38. The molecule has 0 fully saturated rings. The van der Waals surface area contributed by atoms with Gasteiger partial charge in [-0.05, 0) is 0 Å². The number of hydrogen-bond donors (Lipinski definition) is 0. The Morgan fingerprint density at radius 2 is 2.10 bits per heavy atom. The van der Waals surface area contributed by atoms with Gasteiger partial charge in [-0.3, -0.25) is 0 Å². The second-order valence-electron chi connectivity index (χ2n) is 1.73. The number of halogens is 1. The van der Waals surface area contributed by atoms with Crippen molar-refractivity contribution in [1.29, 1.82) is 0 Å². The van der Waals surface area contributed by atoms with Gasteiger partial charge in [0, 0.05) is 0 Å². The molecule has 1 aromatic carbocycles. The van der Waals surface area contributed by atoms with E-state index in [2.05, 4.69) is 0 Å². The van der Waals surface area contributed by atoms with E-state index in [0.717, 1.165) is 10.0 Å². The summed E-state index contributed by atoms with van der Waals surface area (Å²) in [7, 11) is 5.71. The van der Waals surface area contributed by atoms with Gasteiger partial charge >= 0.3 is 76.0 Å². The molecule has 0 aliphatic carbocycles. The Hall–Kier alpha value is 0.119. The van der Waals surface area contributed by atoms with Crippen LogP contribution in [0.3, 0.4) is 0 Å². The van der Waals surface area contributed by atoms with Crippen molar-refractivity contribution in [3.63, 3.8) is 0 Å². The van der Waals surface area contributed by atoms with Crippen LogP contribution in [0.4, 0.5) is 0 Å². The van der Waals surface area contributed by atoms with Crippen LogP contribution in [0.1, 0.15) is 5.56 Å². The van der Waals surface area contributed by atoms with Crippen molar-refractivity contribution in [2.45, 2.75) is 0 Å². The fraction of sp³-hybridized carbons (Fsp3) is 0. The molecule has 0 unspecified atom stereocenters. The molecule has 0 aliphatic rings. The molecular weight excluding hydrogens is 231 g/mol. The Kier molecular flexibility index (Phi) is 3.36. The predicted molar refractivity (Wildman–Crippen MR) is 50.4 cm³/mol. The van der Waals surface area contributed by atoms with Crippen molar-refractivity contribution in [3.05, 3.63) is 29.8 Å². The maximum absolute atomic E-state index is 5.71. The summed E-state index contributed by atoms with van der Waals surface area (Å²) in [6, 6.07) is 7.92. The Morgan fingerprint density at radius 3 is 2.60 bits per heavy atom. The summed E-state index contributed by atoms with van der Waals surface area (Å²) in [5, 5.41) is 1.67. The molecule has 0 N–H and O–H groups in total. The number of thiocarbonyl (C=S) groups is 1. The molecule has 0 spiro atoms. The van der Waals surface area contributed by atoms with Crippen LogP contribution in [0, 0.1) is 0 Å². The first-order valence-corrected chi connectivity index (χ1v) is 6.29. The molecule has 1 aromatic rings. The molecule has 0 atom stereocenters. The molecule has 0 aromatic heterocycles. The van der Waals surface area contributed by atoms with Gasteiger partial charge in [-0.1, -0.05) is 0 Å². The number of benzene rings is 1. The zero-order valence-electron chi connectivity index (χ0n) is 5.08. The Morgan fingerprint density at radius 1 is 1.40 bits per heavy atom. The molecule has 3 heteroatoms. The average molecular weight is 236 g/mol.